The molecule has 4 nitrogen and oxygen atoms in total. The summed E-state index contributed by atoms with van der Waals surface area (Å²) in [5.41, 5.74) is 1.51. The van der Waals surface area contributed by atoms with Crippen LogP contribution in [0.4, 0.5) is 5.69 Å². The van der Waals surface area contributed by atoms with E-state index in [1.54, 1.807) is 6.20 Å². The molecule has 1 aromatic heterocycles. The summed E-state index contributed by atoms with van der Waals surface area (Å²) in [6.45, 7) is 4.14. The predicted octanol–water partition coefficient (Wildman–Crippen LogP) is 1.10. The van der Waals surface area contributed by atoms with Crippen LogP contribution in [0, 0.1) is 11.3 Å². The zero-order chi connectivity index (χ0) is 11.4. The van der Waals surface area contributed by atoms with E-state index in [0.717, 1.165) is 38.3 Å². The first kappa shape index (κ1) is 10.9. The van der Waals surface area contributed by atoms with E-state index in [-0.39, 0.29) is 0 Å². The van der Waals surface area contributed by atoms with Crippen molar-refractivity contribution >= 4 is 5.69 Å². The number of nitriles is 1. The Labute approximate surface area is 96.1 Å². The molecule has 0 saturated carbocycles. The molecule has 84 valence electrons. The van der Waals surface area contributed by atoms with Crippen LogP contribution in [0.3, 0.4) is 0 Å². The molecule has 2 heterocycles. The largest absolute Gasteiger partial charge is 0.368 e. The van der Waals surface area contributed by atoms with Crippen LogP contribution in [-0.4, -0.2) is 43.1 Å². The first-order chi connectivity index (χ1) is 7.81. The van der Waals surface area contributed by atoms with Gasteiger partial charge in [0.05, 0.1) is 5.69 Å². The van der Waals surface area contributed by atoms with Gasteiger partial charge in [0.2, 0.25) is 0 Å². The number of pyridine rings is 1. The van der Waals surface area contributed by atoms with Crippen LogP contribution < -0.4 is 4.90 Å². The molecular weight excluding hydrogens is 200 g/mol. The zero-order valence-electron chi connectivity index (χ0n) is 9.56. The summed E-state index contributed by atoms with van der Waals surface area (Å²) in [7, 11) is 2.14. The molecule has 0 N–H and O–H groups in total. The minimum atomic E-state index is 0.534. The van der Waals surface area contributed by atoms with Gasteiger partial charge in [-0.15, -0.1) is 0 Å². The van der Waals surface area contributed by atoms with Gasteiger partial charge in [0, 0.05) is 25.8 Å². The van der Waals surface area contributed by atoms with Crippen LogP contribution in [-0.2, 0) is 0 Å². The summed E-state index contributed by atoms with van der Waals surface area (Å²) in [6, 6.07) is 6.03. The van der Waals surface area contributed by atoms with Crippen molar-refractivity contribution in [1.29, 1.82) is 5.26 Å². The molecule has 2 rings (SSSR count). The molecule has 0 atom stereocenters. The first-order valence-corrected chi connectivity index (χ1v) is 5.60. The molecule has 0 unspecified atom stereocenters. The Bertz CT molecular complexity index is 396. The number of anilines is 1. The number of likely N-dealkylation sites (N-methyl/N-ethyl adjacent to an activating group) is 1. The molecule has 0 bridgehead atoms. The van der Waals surface area contributed by atoms with E-state index in [1.807, 2.05) is 12.1 Å². The van der Waals surface area contributed by atoms with Crippen molar-refractivity contribution < 1.29 is 0 Å². The Kier molecular flexibility index (Phi) is 3.37. The normalized spacial score (nSPS) is 17.9. The van der Waals surface area contributed by atoms with Crippen LogP contribution in [0.15, 0.2) is 18.3 Å². The molecule has 0 spiro atoms. The van der Waals surface area contributed by atoms with Crippen molar-refractivity contribution in [2.24, 2.45) is 0 Å². The molecule has 1 fully saturated rings. The second-order valence-electron chi connectivity index (χ2n) is 4.13. The zero-order valence-corrected chi connectivity index (χ0v) is 9.56. The molecule has 0 aromatic carbocycles. The molecule has 1 saturated heterocycles. The number of hydrogen-bond acceptors (Lipinski definition) is 4. The molecule has 16 heavy (non-hydrogen) atoms. The van der Waals surface area contributed by atoms with E-state index in [2.05, 4.69) is 27.9 Å². The van der Waals surface area contributed by atoms with E-state index < -0.39 is 0 Å². The first-order valence-electron chi connectivity index (χ1n) is 5.60. The van der Waals surface area contributed by atoms with Gasteiger partial charge in [-0.1, -0.05) is 0 Å². The molecule has 4 heteroatoms. The summed E-state index contributed by atoms with van der Waals surface area (Å²) < 4.78 is 0. The van der Waals surface area contributed by atoms with E-state index in [1.165, 1.54) is 0 Å². The van der Waals surface area contributed by atoms with Crippen molar-refractivity contribution in [3.63, 3.8) is 0 Å². The minimum absolute atomic E-state index is 0.534. The highest BCUT2D eigenvalue weighted by Crippen LogP contribution is 2.18. The number of nitrogens with zero attached hydrogens (tertiary/aromatic N) is 4. The second-order valence-corrected chi connectivity index (χ2v) is 4.13. The van der Waals surface area contributed by atoms with Crippen LogP contribution in [0.1, 0.15) is 12.1 Å². The lowest BCUT2D eigenvalue weighted by atomic mass is 10.2. The smallest absolute Gasteiger partial charge is 0.163 e. The van der Waals surface area contributed by atoms with Crippen LogP contribution >= 0.6 is 0 Å². The SMILES string of the molecule is CN1CCCN(c2cccnc2C#N)CC1. The van der Waals surface area contributed by atoms with E-state index in [9.17, 15) is 0 Å². The van der Waals surface area contributed by atoms with Crippen LogP contribution in [0.5, 0.6) is 0 Å². The monoisotopic (exact) mass is 216 g/mol. The second kappa shape index (κ2) is 4.95. The average molecular weight is 216 g/mol. The third kappa shape index (κ3) is 2.31. The highest BCUT2D eigenvalue weighted by Gasteiger charge is 2.15. The van der Waals surface area contributed by atoms with Gasteiger partial charge in [-0.2, -0.15) is 5.26 Å². The maximum atomic E-state index is 9.02. The predicted molar refractivity (Wildman–Crippen MR) is 63.3 cm³/mol. The molecule has 0 amide bonds. The Balaban J connectivity index is 2.20. The fourth-order valence-corrected chi connectivity index (χ4v) is 2.03. The minimum Gasteiger partial charge on any atom is -0.368 e. The lowest BCUT2D eigenvalue weighted by molar-refractivity contribution is 0.360. The fourth-order valence-electron chi connectivity index (χ4n) is 2.03. The number of aromatic nitrogens is 1. The Morgan fingerprint density at radius 1 is 1.31 bits per heavy atom. The third-order valence-electron chi connectivity index (χ3n) is 2.95. The van der Waals surface area contributed by atoms with Gasteiger partial charge >= 0.3 is 0 Å². The summed E-state index contributed by atoms with van der Waals surface area (Å²) in [4.78, 5) is 8.69. The summed E-state index contributed by atoms with van der Waals surface area (Å²) in [5, 5.41) is 9.02. The van der Waals surface area contributed by atoms with Crippen molar-refractivity contribution in [3.8, 4) is 6.07 Å². The molecule has 0 aliphatic carbocycles. The standard InChI is InChI=1S/C12H16N4/c1-15-6-3-7-16(9-8-15)12-4-2-5-14-11(12)10-13/h2,4-5H,3,6-9H2,1H3. The van der Waals surface area contributed by atoms with Crippen molar-refractivity contribution in [1.82, 2.24) is 9.88 Å². The van der Waals surface area contributed by atoms with E-state index in [4.69, 9.17) is 5.26 Å². The molecule has 1 aromatic rings. The highest BCUT2D eigenvalue weighted by molar-refractivity contribution is 5.55. The molecule has 0 radical (unpaired) electrons. The van der Waals surface area contributed by atoms with Crippen LogP contribution in [0.25, 0.3) is 0 Å². The van der Waals surface area contributed by atoms with Gasteiger partial charge in [0.1, 0.15) is 6.07 Å². The quantitative estimate of drug-likeness (QED) is 0.705. The Morgan fingerprint density at radius 3 is 3.00 bits per heavy atom. The van der Waals surface area contributed by atoms with Gasteiger partial charge in [-0.3, -0.25) is 0 Å². The lowest BCUT2D eigenvalue weighted by Gasteiger charge is -2.23. The van der Waals surface area contributed by atoms with Gasteiger partial charge < -0.3 is 9.80 Å². The highest BCUT2D eigenvalue weighted by atomic mass is 15.2. The maximum Gasteiger partial charge on any atom is 0.163 e. The van der Waals surface area contributed by atoms with Crippen LogP contribution in [0.2, 0.25) is 0 Å². The Morgan fingerprint density at radius 2 is 2.19 bits per heavy atom. The summed E-state index contributed by atoms with van der Waals surface area (Å²) >= 11 is 0. The van der Waals surface area contributed by atoms with Gasteiger partial charge in [0.15, 0.2) is 5.69 Å². The summed E-state index contributed by atoms with van der Waals surface area (Å²) in [5.74, 6) is 0. The number of rotatable bonds is 1. The molecule has 1 aliphatic heterocycles. The molecule has 1 aliphatic rings. The van der Waals surface area contributed by atoms with Crippen molar-refractivity contribution in [3.05, 3.63) is 24.0 Å². The van der Waals surface area contributed by atoms with Crippen molar-refractivity contribution in [2.75, 3.05) is 38.1 Å². The molecular formula is C12H16N4. The van der Waals surface area contributed by atoms with E-state index in [0.29, 0.717) is 5.69 Å². The third-order valence-corrected chi connectivity index (χ3v) is 2.95. The fraction of sp³-hybridized carbons (Fsp3) is 0.500. The van der Waals surface area contributed by atoms with Gasteiger partial charge in [-0.05, 0) is 32.1 Å². The van der Waals surface area contributed by atoms with Gasteiger partial charge in [-0.25, -0.2) is 4.98 Å². The average Bonchev–Trinajstić information content (AvgIpc) is 2.54. The Hall–Kier alpha value is -1.60. The topological polar surface area (TPSA) is 43.2 Å². The van der Waals surface area contributed by atoms with Crippen molar-refractivity contribution in [2.45, 2.75) is 6.42 Å². The number of hydrogen-bond donors (Lipinski definition) is 0. The van der Waals surface area contributed by atoms with Gasteiger partial charge in [0.25, 0.3) is 0 Å². The van der Waals surface area contributed by atoms with E-state index >= 15 is 0 Å². The maximum absolute atomic E-state index is 9.02. The summed E-state index contributed by atoms with van der Waals surface area (Å²) in [6.07, 6.45) is 2.81. The lowest BCUT2D eigenvalue weighted by Crippen LogP contribution is -2.29.